The van der Waals surface area contributed by atoms with Crippen LogP contribution >= 0.6 is 0 Å². The Bertz CT molecular complexity index is 622. The highest BCUT2D eigenvalue weighted by molar-refractivity contribution is 5.72. The Balaban J connectivity index is 1.36. The van der Waals surface area contributed by atoms with E-state index in [1.54, 1.807) is 6.20 Å². The molecule has 1 N–H and O–H groups in total. The lowest BCUT2D eigenvalue weighted by molar-refractivity contribution is -0.146. The highest BCUT2D eigenvalue weighted by Crippen LogP contribution is 2.45. The second kappa shape index (κ2) is 8.27. The lowest BCUT2D eigenvalue weighted by atomic mass is 9.70. The molecule has 1 atom stereocenters. The summed E-state index contributed by atoms with van der Waals surface area (Å²) in [5.74, 6) is 0.0316. The maximum absolute atomic E-state index is 12.0. The normalized spacial score (nSPS) is 27.2. The van der Waals surface area contributed by atoms with Crippen LogP contribution in [-0.4, -0.2) is 58.6 Å². The fourth-order valence-electron chi connectivity index (χ4n) is 5.70. The van der Waals surface area contributed by atoms with Gasteiger partial charge in [0.15, 0.2) is 0 Å². The molecule has 1 aliphatic carbocycles. The summed E-state index contributed by atoms with van der Waals surface area (Å²) in [5.41, 5.74) is 1.13. The van der Waals surface area contributed by atoms with Crippen molar-refractivity contribution in [1.29, 1.82) is 0 Å². The topological polar surface area (TPSA) is 56.7 Å². The highest BCUT2D eigenvalue weighted by Gasteiger charge is 2.51. The lowest BCUT2D eigenvalue weighted by Gasteiger charge is -2.42. The van der Waals surface area contributed by atoms with Crippen molar-refractivity contribution in [3.05, 3.63) is 30.1 Å². The number of nitrogens with zero attached hydrogens (tertiary/aromatic N) is 3. The van der Waals surface area contributed by atoms with E-state index in [0.29, 0.717) is 6.54 Å². The monoisotopic (exact) mass is 371 g/mol. The smallest absolute Gasteiger partial charge is 0.308 e. The van der Waals surface area contributed by atoms with Crippen LogP contribution in [0.25, 0.3) is 0 Å². The van der Waals surface area contributed by atoms with Crippen molar-refractivity contribution >= 4 is 5.97 Å². The van der Waals surface area contributed by atoms with Crippen molar-refractivity contribution < 1.29 is 9.90 Å². The Labute approximate surface area is 162 Å². The summed E-state index contributed by atoms with van der Waals surface area (Å²) in [6.07, 6.45) is 12.7. The predicted octanol–water partition coefficient (Wildman–Crippen LogP) is 3.26. The van der Waals surface area contributed by atoms with Crippen molar-refractivity contribution in [2.45, 2.75) is 51.5 Å². The third kappa shape index (κ3) is 4.35. The summed E-state index contributed by atoms with van der Waals surface area (Å²) in [6, 6.07) is 4.04. The van der Waals surface area contributed by atoms with Crippen molar-refractivity contribution in [2.75, 3.05) is 32.7 Å². The molecule has 148 valence electrons. The summed E-state index contributed by atoms with van der Waals surface area (Å²) in [7, 11) is 0. The number of rotatable bonds is 5. The van der Waals surface area contributed by atoms with Gasteiger partial charge in [-0.25, -0.2) is 0 Å². The zero-order chi connectivity index (χ0) is 18.7. The number of carboxylic acid groups (broad SMARTS) is 1. The second-order valence-corrected chi connectivity index (χ2v) is 9.09. The van der Waals surface area contributed by atoms with Gasteiger partial charge < -0.3 is 10.0 Å². The van der Waals surface area contributed by atoms with E-state index in [2.05, 4.69) is 20.9 Å². The average molecular weight is 372 g/mol. The lowest BCUT2D eigenvalue weighted by Crippen LogP contribution is -2.47. The first kappa shape index (κ1) is 18.9. The number of piperidine rings is 1. The van der Waals surface area contributed by atoms with Crippen LogP contribution in [0.5, 0.6) is 0 Å². The molecule has 1 spiro atoms. The molecule has 0 bridgehead atoms. The molecule has 0 aromatic carbocycles. The van der Waals surface area contributed by atoms with Crippen LogP contribution in [0, 0.1) is 17.3 Å². The summed E-state index contributed by atoms with van der Waals surface area (Å²) < 4.78 is 0. The molecular weight excluding hydrogens is 338 g/mol. The molecule has 1 saturated carbocycles. The van der Waals surface area contributed by atoms with Gasteiger partial charge in [-0.3, -0.25) is 14.7 Å². The van der Waals surface area contributed by atoms with Crippen LogP contribution in [-0.2, 0) is 11.3 Å². The van der Waals surface area contributed by atoms with Crippen LogP contribution < -0.4 is 0 Å². The van der Waals surface area contributed by atoms with E-state index in [1.807, 2.05) is 12.3 Å². The van der Waals surface area contributed by atoms with E-state index in [0.717, 1.165) is 44.9 Å². The molecule has 2 saturated heterocycles. The number of hydrogen-bond acceptors (Lipinski definition) is 4. The third-order valence-electron chi connectivity index (χ3n) is 7.24. The standard InChI is InChI=1S/C22H33N3O2/c26-21(27)20-16-25(15-19-7-4-10-23-13-19)17-22(20)8-11-24(12-9-22)14-18-5-2-1-3-6-18/h4,7,10,13,18,20H,1-3,5-6,8-9,11-12,14-17H2,(H,26,27). The number of carbonyl (C=O) groups is 1. The largest absolute Gasteiger partial charge is 0.481 e. The maximum atomic E-state index is 12.0. The number of pyridine rings is 1. The Morgan fingerprint density at radius 3 is 2.63 bits per heavy atom. The van der Waals surface area contributed by atoms with Gasteiger partial charge >= 0.3 is 5.97 Å². The number of likely N-dealkylation sites (tertiary alicyclic amines) is 2. The van der Waals surface area contributed by atoms with E-state index in [1.165, 1.54) is 44.2 Å². The maximum Gasteiger partial charge on any atom is 0.308 e. The minimum atomic E-state index is -0.607. The number of aromatic nitrogens is 1. The van der Waals surface area contributed by atoms with Crippen molar-refractivity contribution in [2.24, 2.45) is 17.3 Å². The van der Waals surface area contributed by atoms with Crippen molar-refractivity contribution in [3.63, 3.8) is 0 Å². The quantitative estimate of drug-likeness (QED) is 0.861. The molecule has 3 fully saturated rings. The predicted molar refractivity (Wildman–Crippen MR) is 105 cm³/mol. The van der Waals surface area contributed by atoms with E-state index in [9.17, 15) is 9.90 Å². The first-order valence-electron chi connectivity index (χ1n) is 10.7. The van der Waals surface area contributed by atoms with Gasteiger partial charge in [0.25, 0.3) is 0 Å². The minimum Gasteiger partial charge on any atom is -0.481 e. The summed E-state index contributed by atoms with van der Waals surface area (Å²) in [5, 5.41) is 9.89. The Hall–Kier alpha value is -1.46. The van der Waals surface area contributed by atoms with E-state index in [4.69, 9.17) is 0 Å². The summed E-state index contributed by atoms with van der Waals surface area (Å²) >= 11 is 0. The Morgan fingerprint density at radius 1 is 1.19 bits per heavy atom. The molecule has 3 aliphatic rings. The van der Waals surface area contributed by atoms with Gasteiger partial charge in [-0.2, -0.15) is 0 Å². The number of carboxylic acids is 1. The van der Waals surface area contributed by atoms with Crippen LogP contribution in [0.1, 0.15) is 50.5 Å². The molecule has 4 rings (SSSR count). The van der Waals surface area contributed by atoms with Gasteiger partial charge in [-0.05, 0) is 56.3 Å². The van der Waals surface area contributed by atoms with Gasteiger partial charge in [0, 0.05) is 44.0 Å². The Morgan fingerprint density at radius 2 is 1.96 bits per heavy atom. The second-order valence-electron chi connectivity index (χ2n) is 9.09. The van der Waals surface area contributed by atoms with Gasteiger partial charge in [-0.1, -0.05) is 25.3 Å². The zero-order valence-corrected chi connectivity index (χ0v) is 16.4. The number of aliphatic carboxylic acids is 1. The molecule has 5 heteroatoms. The molecule has 3 heterocycles. The van der Waals surface area contributed by atoms with E-state index in [-0.39, 0.29) is 11.3 Å². The molecule has 0 radical (unpaired) electrons. The van der Waals surface area contributed by atoms with Crippen molar-refractivity contribution in [1.82, 2.24) is 14.8 Å². The van der Waals surface area contributed by atoms with Gasteiger partial charge in [0.2, 0.25) is 0 Å². The molecule has 0 amide bonds. The summed E-state index contributed by atoms with van der Waals surface area (Å²) in [4.78, 5) is 21.2. The fraction of sp³-hybridized carbons (Fsp3) is 0.727. The third-order valence-corrected chi connectivity index (χ3v) is 7.24. The molecule has 1 aromatic rings. The molecule has 5 nitrogen and oxygen atoms in total. The van der Waals surface area contributed by atoms with Crippen LogP contribution in [0.3, 0.4) is 0 Å². The van der Waals surface area contributed by atoms with Gasteiger partial charge in [0.1, 0.15) is 0 Å². The van der Waals surface area contributed by atoms with Crippen LogP contribution in [0.2, 0.25) is 0 Å². The molecular formula is C22H33N3O2. The minimum absolute atomic E-state index is 0.0445. The Kier molecular flexibility index (Phi) is 5.79. The van der Waals surface area contributed by atoms with Crippen LogP contribution in [0.15, 0.2) is 24.5 Å². The van der Waals surface area contributed by atoms with Crippen LogP contribution in [0.4, 0.5) is 0 Å². The highest BCUT2D eigenvalue weighted by atomic mass is 16.4. The van der Waals surface area contributed by atoms with E-state index >= 15 is 0 Å². The molecule has 2 aliphatic heterocycles. The fourth-order valence-corrected chi connectivity index (χ4v) is 5.70. The molecule has 1 aromatic heterocycles. The first-order valence-corrected chi connectivity index (χ1v) is 10.7. The zero-order valence-electron chi connectivity index (χ0n) is 16.4. The molecule has 27 heavy (non-hydrogen) atoms. The van der Waals surface area contributed by atoms with E-state index < -0.39 is 5.97 Å². The summed E-state index contributed by atoms with van der Waals surface area (Å²) in [6.45, 7) is 5.77. The van der Waals surface area contributed by atoms with Gasteiger partial charge in [0.05, 0.1) is 5.92 Å². The SMILES string of the molecule is O=C(O)C1CN(Cc2cccnc2)CC12CCN(CC1CCCCC1)CC2. The average Bonchev–Trinajstić information content (AvgIpc) is 3.03. The first-order chi connectivity index (χ1) is 13.1. The molecule has 1 unspecified atom stereocenters. The van der Waals surface area contributed by atoms with Crippen molar-refractivity contribution in [3.8, 4) is 0 Å². The number of hydrogen-bond donors (Lipinski definition) is 1. The van der Waals surface area contributed by atoms with Gasteiger partial charge in [-0.15, -0.1) is 0 Å².